The Kier molecular flexibility index (Phi) is 25.1. The van der Waals surface area contributed by atoms with Crippen molar-refractivity contribution in [3.63, 3.8) is 0 Å². The second kappa shape index (κ2) is 31.5. The summed E-state index contributed by atoms with van der Waals surface area (Å²) in [6, 6.07) is -9.58. The fourth-order valence-corrected chi connectivity index (χ4v) is 16.0. The molecule has 7 fully saturated rings. The fraction of sp³-hybridized carbons (Fsp3) is 0.831. The maximum atomic E-state index is 15.4. The van der Waals surface area contributed by atoms with Crippen LogP contribution in [0, 0.1) is 29.6 Å². The minimum Gasteiger partial charge on any atom is -0.351 e. The molecular weight excluding hydrogens is 1200 g/mol. The van der Waals surface area contributed by atoms with Gasteiger partial charge in [-0.1, -0.05) is 79.1 Å². The van der Waals surface area contributed by atoms with E-state index < -0.39 is 161 Å². The van der Waals surface area contributed by atoms with Gasteiger partial charge in [0.05, 0.1) is 12.5 Å². The predicted molar refractivity (Wildman–Crippen MR) is 334 cm³/mol. The zero-order valence-electron chi connectivity index (χ0n) is 55.4. The molecule has 3 unspecified atom stereocenters. The summed E-state index contributed by atoms with van der Waals surface area (Å²) in [5, 5.41) is 10.5. The van der Waals surface area contributed by atoms with Crippen molar-refractivity contribution in [1.82, 2.24) is 55.6 Å². The Labute approximate surface area is 540 Å². The average Bonchev–Trinajstić information content (AvgIpc) is 1.91. The van der Waals surface area contributed by atoms with Crippen LogP contribution >= 0.6 is 11.6 Å². The third kappa shape index (κ3) is 17.2. The van der Waals surface area contributed by atoms with Crippen molar-refractivity contribution in [3.8, 4) is 0 Å². The topological polar surface area (TPSA) is 259 Å². The number of carbonyl (C=O) groups is 11. The third-order valence-corrected chi connectivity index (χ3v) is 21.8. The molecule has 0 aromatic carbocycles. The van der Waals surface area contributed by atoms with Gasteiger partial charge in [0, 0.05) is 65.7 Å². The number of amides is 11. The molecule has 11 amide bonds. The summed E-state index contributed by atoms with van der Waals surface area (Å²) in [6.07, 6.45) is 4.33. The maximum absolute atomic E-state index is 15.4. The molecule has 512 valence electrons. The van der Waals surface area contributed by atoms with E-state index in [2.05, 4.69) is 21.3 Å². The largest absolute Gasteiger partial charge is 0.393 e. The first-order valence-electron chi connectivity index (χ1n) is 33.8. The van der Waals surface area contributed by atoms with Gasteiger partial charge in [0.25, 0.3) is 0 Å². The van der Waals surface area contributed by atoms with E-state index in [9.17, 15) is 46.7 Å². The van der Waals surface area contributed by atoms with E-state index >= 15 is 19.2 Å². The van der Waals surface area contributed by atoms with Crippen LogP contribution in [-0.2, 0) is 52.7 Å². The van der Waals surface area contributed by atoms with Gasteiger partial charge in [-0.15, -0.1) is 11.6 Å². The van der Waals surface area contributed by atoms with Gasteiger partial charge in [-0.2, -0.15) is 13.2 Å². The van der Waals surface area contributed by atoms with Gasteiger partial charge in [0.1, 0.15) is 53.9 Å². The number of nitrogens with zero attached hydrogens (tertiary/aromatic N) is 7. The van der Waals surface area contributed by atoms with Crippen molar-refractivity contribution in [2.45, 2.75) is 261 Å². The number of hydrogen-bond acceptors (Lipinski definition) is 11. The van der Waals surface area contributed by atoms with Crippen molar-refractivity contribution in [3.05, 3.63) is 0 Å². The highest BCUT2D eigenvalue weighted by molar-refractivity contribution is 6.20. The van der Waals surface area contributed by atoms with Crippen molar-refractivity contribution in [1.29, 1.82) is 0 Å². The fourth-order valence-electron chi connectivity index (χ4n) is 15.4. The van der Waals surface area contributed by atoms with Gasteiger partial charge in [0.15, 0.2) is 0 Å². The second-order valence-electron chi connectivity index (χ2n) is 28.1. The van der Waals surface area contributed by atoms with Gasteiger partial charge in [-0.05, 0) is 127 Å². The smallest absolute Gasteiger partial charge is 0.351 e. The van der Waals surface area contributed by atoms with Gasteiger partial charge < -0.3 is 55.6 Å². The number of likely N-dealkylation sites (N-methyl/N-ethyl adjacent to an activating group) is 4. The average molecular weight is 1310 g/mol. The van der Waals surface area contributed by atoms with E-state index in [0.717, 1.165) is 32.1 Å². The van der Waals surface area contributed by atoms with Crippen LogP contribution in [0.5, 0.6) is 0 Å². The van der Waals surface area contributed by atoms with Crippen molar-refractivity contribution in [2.24, 2.45) is 29.6 Å². The number of alkyl halides is 4. The molecule has 7 rings (SSSR count). The van der Waals surface area contributed by atoms with Gasteiger partial charge in [-0.25, -0.2) is 0 Å². The molecule has 0 bridgehead atoms. The number of hydrogen-bond donors (Lipinski definition) is 4. The van der Waals surface area contributed by atoms with Crippen LogP contribution in [0.2, 0.25) is 0 Å². The van der Waals surface area contributed by atoms with E-state index in [1.807, 2.05) is 6.92 Å². The summed E-state index contributed by atoms with van der Waals surface area (Å²) in [5.41, 5.74) is -1.47. The lowest BCUT2D eigenvalue weighted by molar-refractivity contribution is -0.182. The van der Waals surface area contributed by atoms with Crippen molar-refractivity contribution in [2.75, 3.05) is 54.4 Å². The predicted octanol–water partition coefficient (Wildman–Crippen LogP) is 5.26. The van der Waals surface area contributed by atoms with E-state index in [1.54, 1.807) is 34.7 Å². The monoisotopic (exact) mass is 1310 g/mol. The Bertz CT molecular complexity index is 2660. The Hall–Kier alpha value is -5.75. The summed E-state index contributed by atoms with van der Waals surface area (Å²) in [7, 11) is 5.91. The first-order valence-corrected chi connectivity index (χ1v) is 34.2. The van der Waals surface area contributed by atoms with E-state index in [0.29, 0.717) is 44.9 Å². The Balaban J connectivity index is 1.23. The third-order valence-electron chi connectivity index (χ3n) is 21.3. The van der Waals surface area contributed by atoms with Crippen LogP contribution < -0.4 is 21.3 Å². The first kappa shape index (κ1) is 72.7. The molecule has 1 spiro atoms. The lowest BCUT2D eigenvalue weighted by Crippen LogP contribution is -2.64. The quantitative estimate of drug-likeness (QED) is 0.228. The Morgan fingerprint density at radius 1 is 0.582 bits per heavy atom. The van der Waals surface area contributed by atoms with Gasteiger partial charge in [0.2, 0.25) is 65.0 Å². The summed E-state index contributed by atoms with van der Waals surface area (Å²) >= 11 is 6.41. The van der Waals surface area contributed by atoms with Crippen LogP contribution in [0.3, 0.4) is 0 Å². The number of halogens is 4. The highest BCUT2D eigenvalue weighted by Crippen LogP contribution is 2.44. The van der Waals surface area contributed by atoms with Crippen molar-refractivity contribution >= 4 is 76.6 Å². The lowest BCUT2D eigenvalue weighted by Gasteiger charge is -2.39. The zero-order valence-corrected chi connectivity index (χ0v) is 56.1. The molecule has 0 aromatic rings. The van der Waals surface area contributed by atoms with Crippen LogP contribution in [0.1, 0.15) is 189 Å². The molecule has 22 nitrogen and oxygen atoms in total. The lowest BCUT2D eigenvalue weighted by atomic mass is 9.78. The first-order chi connectivity index (χ1) is 42.9. The molecule has 91 heavy (non-hydrogen) atoms. The van der Waals surface area contributed by atoms with Crippen LogP contribution in [0.25, 0.3) is 0 Å². The summed E-state index contributed by atoms with van der Waals surface area (Å²) < 4.78 is 41.9. The molecule has 4 N–H and O–H groups in total. The number of carbonyl (C=O) groups excluding carboxylic acids is 11. The van der Waals surface area contributed by atoms with E-state index in [-0.39, 0.29) is 102 Å². The minimum absolute atomic E-state index is 0.0212. The molecule has 0 aromatic heterocycles. The molecule has 3 aliphatic carbocycles. The van der Waals surface area contributed by atoms with Crippen LogP contribution in [-0.4, -0.2) is 225 Å². The van der Waals surface area contributed by atoms with E-state index in [4.69, 9.17) is 11.6 Å². The molecule has 3 saturated carbocycles. The number of nitrogens with one attached hydrogen (secondary N) is 4. The van der Waals surface area contributed by atoms with Gasteiger partial charge in [-0.3, -0.25) is 52.7 Å². The Morgan fingerprint density at radius 3 is 1.77 bits per heavy atom. The molecule has 4 heterocycles. The molecule has 4 saturated heterocycles. The van der Waals surface area contributed by atoms with Crippen molar-refractivity contribution < 1.29 is 65.9 Å². The SMILES string of the molecule is CC[C@H](C)[C@@H]1NC(=O)[C@H](C)N(C)C(=O)C[C@@H](C)NC(=O)[C@H](C(C)C)N(C)C(=O)C2(CCCC2)NC(=O)[C@@H]2CCCN2C(=O)[C@H](CCC2CCC(C(F)(F)F)C(Cl)C2)NC(=O)[C@H]2CCCN2C(=O)[C@H](CC2CCCCC2)N(C)C(=O)[C@@H]2CCCN2C(=O)CN(C)C1=O. The van der Waals surface area contributed by atoms with Crippen LogP contribution in [0.15, 0.2) is 0 Å². The summed E-state index contributed by atoms with van der Waals surface area (Å²) in [6.45, 7) is 10.3. The zero-order chi connectivity index (χ0) is 67.0. The molecule has 26 heteroatoms. The standard InChI is InChI=1S/C65H103ClF3N11O11/c1-11-39(4)53-62(90)74(7)37-52(82)78-31-19-24-49(78)60(88)76(9)50(36-42-20-13-12-14-21-42)61(89)80-33-17-22-47(80)56(84)71-46(28-26-43-25-27-44(45(66)35-43)65(67,68)69)59(87)79-32-18-23-48(79)57(85)73-64(29-15-16-30-64)63(91)77(10)54(38(2)3)58(86)70-40(5)34-51(81)75(8)41(6)55(83)72-53/h38-50,53-54H,11-37H2,1-10H3,(H,70,86)(H,71,84)(H,72,83)(H,73,85)/t39-,40+,41-,43?,44?,45?,46-,47+,48-,49-,50-,53-,54-/m0/s1. The molecular formula is C65H103ClF3N11O11. The highest BCUT2D eigenvalue weighted by atomic mass is 35.5. The number of rotatable bonds is 8. The van der Waals surface area contributed by atoms with E-state index in [1.165, 1.54) is 62.4 Å². The van der Waals surface area contributed by atoms with Gasteiger partial charge >= 0.3 is 6.18 Å². The minimum atomic E-state index is -4.49. The second-order valence-corrected chi connectivity index (χ2v) is 28.6. The number of fused-ring (bicyclic) bond motifs is 3. The molecule has 4 aliphatic heterocycles. The summed E-state index contributed by atoms with van der Waals surface area (Å²) in [5.74, 6) is -8.95. The molecule has 0 radical (unpaired) electrons. The molecule has 7 aliphatic rings. The normalized spacial score (nSPS) is 32.4. The molecule has 13 atom stereocenters. The summed E-state index contributed by atoms with van der Waals surface area (Å²) in [4.78, 5) is 171. The van der Waals surface area contributed by atoms with Crippen LogP contribution in [0.4, 0.5) is 13.2 Å². The Morgan fingerprint density at radius 2 is 1.18 bits per heavy atom. The highest BCUT2D eigenvalue weighted by Gasteiger charge is 2.52. The maximum Gasteiger partial charge on any atom is 0.393 e.